The average molecular weight is 375 g/mol. The molecule has 0 atom stereocenters. The number of hydrogen-bond acceptors (Lipinski definition) is 4. The van der Waals surface area contributed by atoms with Crippen molar-refractivity contribution in [3.05, 3.63) is 63.9 Å². The monoisotopic (exact) mass is 374 g/mol. The van der Waals surface area contributed by atoms with E-state index >= 15 is 0 Å². The van der Waals surface area contributed by atoms with E-state index in [1.54, 1.807) is 24.0 Å². The van der Waals surface area contributed by atoms with Crippen LogP contribution in [0.4, 0.5) is 5.69 Å². The molecule has 0 saturated heterocycles. The second kappa shape index (κ2) is 7.83. The zero-order valence-corrected chi connectivity index (χ0v) is 15.3. The van der Waals surface area contributed by atoms with E-state index in [1.165, 1.54) is 11.3 Å². The number of halogens is 1. The van der Waals surface area contributed by atoms with Gasteiger partial charge in [0.25, 0.3) is 5.91 Å². The number of thiophene rings is 1. The quantitative estimate of drug-likeness (QED) is 0.571. The lowest BCUT2D eigenvalue weighted by molar-refractivity contribution is 0.103. The third-order valence-corrected chi connectivity index (χ3v) is 5.23. The molecule has 2 heterocycles. The Hall–Kier alpha value is -1.82. The van der Waals surface area contributed by atoms with Gasteiger partial charge in [-0.05, 0) is 42.2 Å². The summed E-state index contributed by atoms with van der Waals surface area (Å²) in [5.41, 5.74) is 2.51. The van der Waals surface area contributed by atoms with Gasteiger partial charge in [0.2, 0.25) is 0 Å². The number of benzene rings is 1. The summed E-state index contributed by atoms with van der Waals surface area (Å²) in [6.45, 7) is 2.08. The van der Waals surface area contributed by atoms with Crippen molar-refractivity contribution < 1.29 is 4.79 Å². The summed E-state index contributed by atoms with van der Waals surface area (Å²) in [6.07, 6.45) is 1.74. The van der Waals surface area contributed by atoms with Crippen LogP contribution in [0.25, 0.3) is 11.3 Å². The SMILES string of the molecule is CCSc1cc(Cl)cc(NC(=O)c2cc(-c3ccccn3)cs2)c1. The summed E-state index contributed by atoms with van der Waals surface area (Å²) < 4.78 is 0. The lowest BCUT2D eigenvalue weighted by Crippen LogP contribution is -2.10. The van der Waals surface area contributed by atoms with Gasteiger partial charge < -0.3 is 5.32 Å². The molecule has 0 aliphatic heterocycles. The number of aromatic nitrogens is 1. The molecular formula is C18H15ClN2OS2. The maximum atomic E-state index is 12.5. The minimum absolute atomic E-state index is 0.142. The number of anilines is 1. The first-order valence-electron chi connectivity index (χ1n) is 7.40. The zero-order chi connectivity index (χ0) is 16.9. The number of hydrogen-bond donors (Lipinski definition) is 1. The highest BCUT2D eigenvalue weighted by atomic mass is 35.5. The molecule has 1 N–H and O–H groups in total. The van der Waals surface area contributed by atoms with Gasteiger partial charge in [-0.2, -0.15) is 0 Å². The molecule has 0 saturated carbocycles. The Bertz CT molecular complexity index is 849. The van der Waals surface area contributed by atoms with Crippen LogP contribution in [0.3, 0.4) is 0 Å². The van der Waals surface area contributed by atoms with Crippen molar-refractivity contribution in [1.82, 2.24) is 4.98 Å². The van der Waals surface area contributed by atoms with Crippen molar-refractivity contribution in [1.29, 1.82) is 0 Å². The Labute approximate surface area is 154 Å². The molecule has 3 nitrogen and oxygen atoms in total. The van der Waals surface area contributed by atoms with Crippen LogP contribution in [0.15, 0.2) is 58.9 Å². The smallest absolute Gasteiger partial charge is 0.265 e. The Morgan fingerprint density at radius 1 is 1.29 bits per heavy atom. The highest BCUT2D eigenvalue weighted by Crippen LogP contribution is 2.28. The number of carbonyl (C=O) groups excluding carboxylic acids is 1. The Kier molecular flexibility index (Phi) is 5.56. The summed E-state index contributed by atoms with van der Waals surface area (Å²) in [5.74, 6) is 0.809. The van der Waals surface area contributed by atoms with Gasteiger partial charge in [0.15, 0.2) is 0 Å². The topological polar surface area (TPSA) is 42.0 Å². The van der Waals surface area contributed by atoms with Gasteiger partial charge in [-0.3, -0.25) is 9.78 Å². The molecule has 122 valence electrons. The van der Waals surface area contributed by atoms with Crippen molar-refractivity contribution in [2.45, 2.75) is 11.8 Å². The molecular weight excluding hydrogens is 360 g/mol. The highest BCUT2D eigenvalue weighted by molar-refractivity contribution is 7.99. The molecule has 6 heteroatoms. The number of rotatable bonds is 5. The fourth-order valence-corrected chi connectivity index (χ4v) is 4.05. The minimum atomic E-state index is -0.142. The summed E-state index contributed by atoms with van der Waals surface area (Å²) >= 11 is 9.22. The fourth-order valence-electron chi connectivity index (χ4n) is 2.20. The first-order valence-corrected chi connectivity index (χ1v) is 9.64. The molecule has 1 amide bonds. The average Bonchev–Trinajstić information content (AvgIpc) is 3.05. The molecule has 1 aromatic carbocycles. The van der Waals surface area contributed by atoms with Gasteiger partial charge in [-0.25, -0.2) is 0 Å². The molecule has 2 aromatic heterocycles. The van der Waals surface area contributed by atoms with Crippen LogP contribution in [0, 0.1) is 0 Å². The first-order chi connectivity index (χ1) is 11.7. The summed E-state index contributed by atoms with van der Waals surface area (Å²) in [4.78, 5) is 18.5. The molecule has 0 unspecified atom stereocenters. The molecule has 24 heavy (non-hydrogen) atoms. The van der Waals surface area contributed by atoms with Gasteiger partial charge in [-0.15, -0.1) is 23.1 Å². The number of carbonyl (C=O) groups is 1. The second-order valence-corrected chi connectivity index (χ2v) is 7.66. The van der Waals surface area contributed by atoms with Crippen LogP contribution in [0.5, 0.6) is 0 Å². The third-order valence-electron chi connectivity index (χ3n) is 3.22. The van der Waals surface area contributed by atoms with E-state index in [0.29, 0.717) is 15.6 Å². The van der Waals surface area contributed by atoms with Gasteiger partial charge in [0.05, 0.1) is 10.6 Å². The number of thioether (sulfide) groups is 1. The first kappa shape index (κ1) is 17.0. The lowest BCUT2D eigenvalue weighted by Gasteiger charge is -2.07. The van der Waals surface area contributed by atoms with Crippen LogP contribution in [0.1, 0.15) is 16.6 Å². The van der Waals surface area contributed by atoms with Gasteiger partial charge in [0, 0.05) is 32.7 Å². The summed E-state index contributed by atoms with van der Waals surface area (Å²) in [6, 6.07) is 13.2. The van der Waals surface area contributed by atoms with E-state index < -0.39 is 0 Å². The molecule has 0 radical (unpaired) electrons. The van der Waals surface area contributed by atoms with Crippen LogP contribution in [0.2, 0.25) is 5.02 Å². The number of pyridine rings is 1. The largest absolute Gasteiger partial charge is 0.321 e. The van der Waals surface area contributed by atoms with Crippen molar-refractivity contribution in [3.63, 3.8) is 0 Å². The second-order valence-electron chi connectivity index (χ2n) is 4.98. The van der Waals surface area contributed by atoms with E-state index in [9.17, 15) is 4.79 Å². The van der Waals surface area contributed by atoms with E-state index in [-0.39, 0.29) is 5.91 Å². The Morgan fingerprint density at radius 3 is 2.92 bits per heavy atom. The third kappa shape index (κ3) is 4.17. The van der Waals surface area contributed by atoms with Crippen LogP contribution in [-0.4, -0.2) is 16.6 Å². The summed E-state index contributed by atoms with van der Waals surface area (Å²) in [7, 11) is 0. The molecule has 0 bridgehead atoms. The molecule has 3 aromatic rings. The molecule has 0 spiro atoms. The van der Waals surface area contributed by atoms with E-state index in [4.69, 9.17) is 11.6 Å². The molecule has 3 rings (SSSR count). The van der Waals surface area contributed by atoms with Crippen LogP contribution >= 0.6 is 34.7 Å². The van der Waals surface area contributed by atoms with Crippen molar-refractivity contribution in [2.75, 3.05) is 11.1 Å². The van der Waals surface area contributed by atoms with Gasteiger partial charge >= 0.3 is 0 Å². The molecule has 0 aliphatic rings. The predicted molar refractivity (Wildman–Crippen MR) is 103 cm³/mol. The fraction of sp³-hybridized carbons (Fsp3) is 0.111. The van der Waals surface area contributed by atoms with Gasteiger partial charge in [0.1, 0.15) is 0 Å². The Balaban J connectivity index is 1.77. The molecule has 0 fully saturated rings. The summed E-state index contributed by atoms with van der Waals surface area (Å²) in [5, 5.41) is 5.47. The van der Waals surface area contributed by atoms with E-state index in [2.05, 4.69) is 17.2 Å². The standard InChI is InChI=1S/C18H15ClN2OS2/c1-2-23-15-9-13(19)8-14(10-15)21-18(22)17-7-12(11-24-17)16-5-3-4-6-20-16/h3-11H,2H2,1H3,(H,21,22). The maximum Gasteiger partial charge on any atom is 0.265 e. The normalized spacial score (nSPS) is 10.6. The Morgan fingerprint density at radius 2 is 2.17 bits per heavy atom. The zero-order valence-electron chi connectivity index (χ0n) is 13.0. The lowest BCUT2D eigenvalue weighted by atomic mass is 10.2. The maximum absolute atomic E-state index is 12.5. The van der Waals surface area contributed by atoms with E-state index in [0.717, 1.165) is 21.9 Å². The van der Waals surface area contributed by atoms with Gasteiger partial charge in [-0.1, -0.05) is 24.6 Å². The van der Waals surface area contributed by atoms with Crippen LogP contribution in [-0.2, 0) is 0 Å². The highest BCUT2D eigenvalue weighted by Gasteiger charge is 2.12. The number of amides is 1. The van der Waals surface area contributed by atoms with Crippen molar-refractivity contribution >= 4 is 46.3 Å². The van der Waals surface area contributed by atoms with Crippen molar-refractivity contribution in [3.8, 4) is 11.3 Å². The van der Waals surface area contributed by atoms with E-state index in [1.807, 2.05) is 41.8 Å². The molecule has 0 aliphatic carbocycles. The minimum Gasteiger partial charge on any atom is -0.321 e. The number of nitrogens with one attached hydrogen (secondary N) is 1. The van der Waals surface area contributed by atoms with Crippen LogP contribution < -0.4 is 5.32 Å². The van der Waals surface area contributed by atoms with Crippen molar-refractivity contribution in [2.24, 2.45) is 0 Å². The number of nitrogens with zero attached hydrogens (tertiary/aromatic N) is 1. The predicted octanol–water partition coefficient (Wildman–Crippen LogP) is 5.83.